The van der Waals surface area contributed by atoms with Gasteiger partial charge in [-0.25, -0.2) is 4.79 Å². The van der Waals surface area contributed by atoms with Crippen molar-refractivity contribution < 1.29 is 24.2 Å². The average Bonchev–Trinajstić information content (AvgIpc) is 2.48. The van der Waals surface area contributed by atoms with Crippen LogP contribution in [-0.4, -0.2) is 61.4 Å². The molecule has 1 N–H and O–H groups in total. The summed E-state index contributed by atoms with van der Waals surface area (Å²) >= 11 is 0. The number of hydrogen-bond donors (Lipinski definition) is 1. The molecular formula is C15H19NO5. The van der Waals surface area contributed by atoms with Crippen molar-refractivity contribution in [1.29, 1.82) is 0 Å². The van der Waals surface area contributed by atoms with Crippen molar-refractivity contribution in [2.45, 2.75) is 12.5 Å². The summed E-state index contributed by atoms with van der Waals surface area (Å²) in [4.78, 5) is 24.9. The lowest BCUT2D eigenvalue weighted by Crippen LogP contribution is -2.47. The van der Waals surface area contributed by atoms with Crippen molar-refractivity contribution in [3.8, 4) is 0 Å². The van der Waals surface area contributed by atoms with Crippen LogP contribution in [0.4, 0.5) is 0 Å². The molecule has 1 unspecified atom stereocenters. The molecule has 0 radical (unpaired) electrons. The van der Waals surface area contributed by atoms with E-state index in [1.165, 1.54) is 12.1 Å². The molecule has 21 heavy (non-hydrogen) atoms. The molecule has 0 spiro atoms. The molecule has 1 aromatic rings. The van der Waals surface area contributed by atoms with Crippen molar-refractivity contribution in [3.05, 3.63) is 35.4 Å². The average molecular weight is 293 g/mol. The fourth-order valence-corrected chi connectivity index (χ4v) is 2.33. The van der Waals surface area contributed by atoms with Gasteiger partial charge in [0.15, 0.2) is 0 Å². The monoisotopic (exact) mass is 293 g/mol. The molecule has 114 valence electrons. The third-order valence-corrected chi connectivity index (χ3v) is 3.37. The van der Waals surface area contributed by atoms with Gasteiger partial charge >= 0.3 is 5.97 Å². The van der Waals surface area contributed by atoms with Gasteiger partial charge in [0.05, 0.1) is 31.3 Å². The highest BCUT2D eigenvalue weighted by Crippen LogP contribution is 2.11. The van der Waals surface area contributed by atoms with Crippen LogP contribution in [-0.2, 0) is 20.7 Å². The van der Waals surface area contributed by atoms with E-state index in [4.69, 9.17) is 14.6 Å². The normalized spacial score (nSPS) is 18.5. The number of hydrogen-bond acceptors (Lipinski definition) is 4. The molecule has 1 amide bonds. The molecule has 6 heteroatoms. The van der Waals surface area contributed by atoms with Gasteiger partial charge in [0.1, 0.15) is 0 Å². The highest BCUT2D eigenvalue weighted by molar-refractivity contribution is 5.88. The van der Waals surface area contributed by atoms with Crippen LogP contribution < -0.4 is 0 Å². The fraction of sp³-hybridized carbons (Fsp3) is 0.467. The largest absolute Gasteiger partial charge is 0.478 e. The number of amides is 1. The first-order valence-electron chi connectivity index (χ1n) is 6.80. The summed E-state index contributed by atoms with van der Waals surface area (Å²) in [5, 5.41) is 8.96. The number of aromatic carboxylic acids is 1. The Labute approximate surface area is 123 Å². The van der Waals surface area contributed by atoms with Gasteiger partial charge in [0, 0.05) is 20.2 Å². The summed E-state index contributed by atoms with van der Waals surface area (Å²) in [6.45, 7) is 2.01. The van der Waals surface area contributed by atoms with E-state index >= 15 is 0 Å². The second-order valence-corrected chi connectivity index (χ2v) is 4.97. The second kappa shape index (κ2) is 7.19. The first-order valence-corrected chi connectivity index (χ1v) is 6.80. The van der Waals surface area contributed by atoms with Gasteiger partial charge in [-0.3, -0.25) is 4.79 Å². The molecule has 1 aliphatic rings. The summed E-state index contributed by atoms with van der Waals surface area (Å²) < 4.78 is 10.5. The number of ether oxygens (including phenoxy) is 2. The lowest BCUT2D eigenvalue weighted by molar-refractivity contribution is -0.140. The topological polar surface area (TPSA) is 76.1 Å². The number of morpholine rings is 1. The standard InChI is InChI=1S/C15H19NO5/c1-20-10-13-9-16(5-6-21-13)14(17)8-11-3-2-4-12(7-11)15(18)19/h2-4,7,13H,5-6,8-10H2,1H3,(H,18,19). The summed E-state index contributed by atoms with van der Waals surface area (Å²) in [5.41, 5.74) is 0.897. The fourth-order valence-electron chi connectivity index (χ4n) is 2.33. The van der Waals surface area contributed by atoms with E-state index < -0.39 is 5.97 Å². The number of nitrogens with zero attached hydrogens (tertiary/aromatic N) is 1. The third-order valence-electron chi connectivity index (χ3n) is 3.37. The van der Waals surface area contributed by atoms with Gasteiger partial charge < -0.3 is 19.5 Å². The molecular weight excluding hydrogens is 274 g/mol. The Balaban J connectivity index is 1.97. The van der Waals surface area contributed by atoms with Gasteiger partial charge in [0.2, 0.25) is 5.91 Å². The lowest BCUT2D eigenvalue weighted by Gasteiger charge is -2.32. The van der Waals surface area contributed by atoms with Gasteiger partial charge in [-0.15, -0.1) is 0 Å². The molecule has 1 aliphatic heterocycles. The van der Waals surface area contributed by atoms with Crippen molar-refractivity contribution >= 4 is 11.9 Å². The summed E-state index contributed by atoms with van der Waals surface area (Å²) in [5.74, 6) is -1.02. The summed E-state index contributed by atoms with van der Waals surface area (Å²) in [6.07, 6.45) is 0.0962. The van der Waals surface area contributed by atoms with E-state index in [9.17, 15) is 9.59 Å². The minimum absolute atomic E-state index is 0.0260. The lowest BCUT2D eigenvalue weighted by atomic mass is 10.1. The summed E-state index contributed by atoms with van der Waals surface area (Å²) in [6, 6.07) is 6.46. The van der Waals surface area contributed by atoms with Crippen molar-refractivity contribution in [2.24, 2.45) is 0 Å². The maximum Gasteiger partial charge on any atom is 0.335 e. The number of benzene rings is 1. The van der Waals surface area contributed by atoms with E-state index in [2.05, 4.69) is 0 Å². The molecule has 0 saturated carbocycles. The predicted octanol–water partition coefficient (Wildman–Crippen LogP) is 0.801. The van der Waals surface area contributed by atoms with Crippen LogP contribution in [0, 0.1) is 0 Å². The maximum atomic E-state index is 12.3. The quantitative estimate of drug-likeness (QED) is 0.869. The first kappa shape index (κ1) is 15.5. The highest BCUT2D eigenvalue weighted by Gasteiger charge is 2.24. The van der Waals surface area contributed by atoms with Crippen LogP contribution in [0.15, 0.2) is 24.3 Å². The van der Waals surface area contributed by atoms with Gasteiger partial charge in [-0.05, 0) is 17.7 Å². The van der Waals surface area contributed by atoms with E-state index in [1.54, 1.807) is 24.1 Å². The Morgan fingerprint density at radius 1 is 1.48 bits per heavy atom. The Morgan fingerprint density at radius 2 is 2.29 bits per heavy atom. The Bertz CT molecular complexity index is 515. The van der Waals surface area contributed by atoms with Crippen molar-refractivity contribution in [1.82, 2.24) is 4.90 Å². The molecule has 0 aliphatic carbocycles. The number of carboxylic acid groups (broad SMARTS) is 1. The van der Waals surface area contributed by atoms with Crippen LogP contribution >= 0.6 is 0 Å². The number of rotatable bonds is 5. The van der Waals surface area contributed by atoms with E-state index in [0.717, 1.165) is 0 Å². The van der Waals surface area contributed by atoms with Crippen molar-refractivity contribution in [2.75, 3.05) is 33.4 Å². The number of carbonyl (C=O) groups excluding carboxylic acids is 1. The molecule has 2 rings (SSSR count). The molecule has 1 heterocycles. The highest BCUT2D eigenvalue weighted by atomic mass is 16.5. The Morgan fingerprint density at radius 3 is 3.00 bits per heavy atom. The van der Waals surface area contributed by atoms with Crippen LogP contribution in [0.5, 0.6) is 0 Å². The number of methoxy groups -OCH3 is 1. The van der Waals surface area contributed by atoms with Crippen LogP contribution in [0.25, 0.3) is 0 Å². The summed E-state index contributed by atoms with van der Waals surface area (Å²) in [7, 11) is 1.60. The van der Waals surface area contributed by atoms with Gasteiger partial charge in [-0.2, -0.15) is 0 Å². The Hall–Kier alpha value is -1.92. The molecule has 6 nitrogen and oxygen atoms in total. The smallest absolute Gasteiger partial charge is 0.335 e. The van der Waals surface area contributed by atoms with Crippen LogP contribution in [0.3, 0.4) is 0 Å². The van der Waals surface area contributed by atoms with E-state index in [-0.39, 0.29) is 24.0 Å². The number of carbonyl (C=O) groups is 2. The van der Waals surface area contributed by atoms with Crippen molar-refractivity contribution in [3.63, 3.8) is 0 Å². The molecule has 1 aromatic carbocycles. The number of carboxylic acids is 1. The SMILES string of the molecule is COCC1CN(C(=O)Cc2cccc(C(=O)O)c2)CCO1. The molecule has 0 bridgehead atoms. The second-order valence-electron chi connectivity index (χ2n) is 4.97. The van der Waals surface area contributed by atoms with Gasteiger partial charge in [0.25, 0.3) is 0 Å². The van der Waals surface area contributed by atoms with Gasteiger partial charge in [-0.1, -0.05) is 12.1 Å². The zero-order valence-electron chi connectivity index (χ0n) is 11.9. The molecule has 1 fully saturated rings. The molecule has 0 aromatic heterocycles. The molecule has 1 atom stereocenters. The Kier molecular flexibility index (Phi) is 5.30. The minimum Gasteiger partial charge on any atom is -0.478 e. The van der Waals surface area contributed by atoms with E-state index in [1.807, 2.05) is 0 Å². The molecule has 1 saturated heterocycles. The predicted molar refractivity (Wildman–Crippen MR) is 75.3 cm³/mol. The zero-order valence-corrected chi connectivity index (χ0v) is 11.9. The van der Waals surface area contributed by atoms with Crippen LogP contribution in [0.2, 0.25) is 0 Å². The van der Waals surface area contributed by atoms with E-state index in [0.29, 0.717) is 31.9 Å². The minimum atomic E-state index is -0.990. The van der Waals surface area contributed by atoms with Crippen LogP contribution in [0.1, 0.15) is 15.9 Å². The third kappa shape index (κ3) is 4.27. The maximum absolute atomic E-state index is 12.3. The first-order chi connectivity index (χ1) is 10.1. The zero-order chi connectivity index (χ0) is 15.2.